The maximum absolute atomic E-state index is 12.7. The summed E-state index contributed by atoms with van der Waals surface area (Å²) in [7, 11) is 1.47. The third kappa shape index (κ3) is 6.83. The van der Waals surface area contributed by atoms with Crippen LogP contribution < -0.4 is 31.6 Å². The molecule has 184 valence electrons. The first-order valence-electron chi connectivity index (χ1n) is 11.2. The summed E-state index contributed by atoms with van der Waals surface area (Å²) in [6.07, 6.45) is 3.26. The van der Waals surface area contributed by atoms with Gasteiger partial charge < -0.3 is 9.47 Å². The van der Waals surface area contributed by atoms with E-state index >= 15 is 0 Å². The number of amides is 2. The summed E-state index contributed by atoms with van der Waals surface area (Å²) in [5, 5.41) is 0. The topological polar surface area (TPSA) is 121 Å². The predicted octanol–water partition coefficient (Wildman–Crippen LogP) is 1.71. The van der Waals surface area contributed by atoms with Crippen LogP contribution in [0.25, 0.3) is 0 Å². The largest absolute Gasteiger partial charge is 0.493 e. The molecular formula is C25H28N4O6. The standard InChI is InChI=1S/C25H28N4O6/c1-3-4-14-35-20-11-10-19(15-21(20)34-2)24(32)27-26-22(30)17-29-23(31)12-13-28(25(29)33)16-18-8-6-5-7-9-18/h5-13,15H,3-4,14,16-17H2,1-2H3,(H,26,30)(H,27,32). The SMILES string of the molecule is CCCCOc1ccc(C(=O)NNC(=O)Cn2c(=O)ccn(Cc3ccccc3)c2=O)cc1OC. The van der Waals surface area contributed by atoms with Gasteiger partial charge >= 0.3 is 5.69 Å². The number of carbonyl (C=O) groups excluding carboxylic acids is 2. The molecule has 0 spiro atoms. The van der Waals surface area contributed by atoms with Gasteiger partial charge in [0.2, 0.25) is 0 Å². The number of nitrogens with zero attached hydrogens (tertiary/aromatic N) is 2. The van der Waals surface area contributed by atoms with E-state index in [2.05, 4.69) is 17.8 Å². The Morgan fingerprint density at radius 1 is 0.971 bits per heavy atom. The zero-order valence-electron chi connectivity index (χ0n) is 19.7. The van der Waals surface area contributed by atoms with E-state index in [0.717, 1.165) is 23.0 Å². The summed E-state index contributed by atoms with van der Waals surface area (Å²) >= 11 is 0. The number of carbonyl (C=O) groups is 2. The van der Waals surface area contributed by atoms with Crippen LogP contribution in [0.3, 0.4) is 0 Å². The predicted molar refractivity (Wildman–Crippen MR) is 130 cm³/mol. The molecule has 3 aromatic rings. The zero-order chi connectivity index (χ0) is 25.2. The molecule has 1 aromatic heterocycles. The molecule has 0 aliphatic rings. The quantitative estimate of drug-likeness (QED) is 0.337. The normalized spacial score (nSPS) is 10.5. The third-order valence-corrected chi connectivity index (χ3v) is 5.13. The van der Waals surface area contributed by atoms with E-state index in [1.807, 2.05) is 30.3 Å². The van der Waals surface area contributed by atoms with Gasteiger partial charge in [-0.15, -0.1) is 0 Å². The number of rotatable bonds is 10. The Labute approximate surface area is 202 Å². The molecule has 0 aliphatic carbocycles. The number of ether oxygens (including phenoxy) is 2. The minimum atomic E-state index is -0.735. The Balaban J connectivity index is 1.63. The number of hydrogen-bond donors (Lipinski definition) is 2. The van der Waals surface area contributed by atoms with Gasteiger partial charge in [0.15, 0.2) is 11.5 Å². The second kappa shape index (κ2) is 12.2. The average molecular weight is 481 g/mol. The fourth-order valence-electron chi connectivity index (χ4n) is 3.24. The number of nitrogens with one attached hydrogen (secondary N) is 2. The van der Waals surface area contributed by atoms with Crippen molar-refractivity contribution >= 4 is 11.8 Å². The van der Waals surface area contributed by atoms with Crippen LogP contribution in [0.5, 0.6) is 11.5 Å². The van der Waals surface area contributed by atoms with Gasteiger partial charge in [-0.2, -0.15) is 0 Å². The van der Waals surface area contributed by atoms with E-state index in [-0.39, 0.29) is 12.1 Å². The van der Waals surface area contributed by atoms with Crippen molar-refractivity contribution in [1.29, 1.82) is 0 Å². The van der Waals surface area contributed by atoms with Gasteiger partial charge in [-0.1, -0.05) is 43.7 Å². The fourth-order valence-corrected chi connectivity index (χ4v) is 3.24. The molecule has 2 N–H and O–H groups in total. The van der Waals surface area contributed by atoms with Gasteiger partial charge in [-0.25, -0.2) is 4.79 Å². The van der Waals surface area contributed by atoms with Crippen molar-refractivity contribution in [2.24, 2.45) is 0 Å². The molecule has 0 aliphatic heterocycles. The molecule has 0 saturated heterocycles. The number of unbranched alkanes of at least 4 members (excludes halogenated alkanes) is 1. The van der Waals surface area contributed by atoms with Crippen molar-refractivity contribution in [1.82, 2.24) is 20.0 Å². The lowest BCUT2D eigenvalue weighted by Crippen LogP contribution is -2.47. The van der Waals surface area contributed by atoms with Crippen LogP contribution in [0.15, 0.2) is 70.4 Å². The van der Waals surface area contributed by atoms with E-state index in [9.17, 15) is 19.2 Å². The second-order valence-corrected chi connectivity index (χ2v) is 7.71. The summed E-state index contributed by atoms with van der Waals surface area (Å²) in [4.78, 5) is 49.8. The van der Waals surface area contributed by atoms with Crippen LogP contribution in [-0.2, 0) is 17.9 Å². The molecule has 10 heteroatoms. The first kappa shape index (κ1) is 25.3. The Morgan fingerprint density at radius 2 is 1.74 bits per heavy atom. The van der Waals surface area contributed by atoms with Crippen LogP contribution in [0, 0.1) is 0 Å². The molecule has 0 fully saturated rings. The minimum Gasteiger partial charge on any atom is -0.493 e. The summed E-state index contributed by atoms with van der Waals surface area (Å²) in [5.74, 6) is -0.438. The van der Waals surface area contributed by atoms with Crippen molar-refractivity contribution in [2.75, 3.05) is 13.7 Å². The maximum atomic E-state index is 12.7. The molecule has 3 rings (SSSR count). The van der Waals surface area contributed by atoms with Crippen LogP contribution in [-0.4, -0.2) is 34.7 Å². The lowest BCUT2D eigenvalue weighted by molar-refractivity contribution is -0.122. The summed E-state index contributed by atoms with van der Waals surface area (Å²) in [6.45, 7) is 2.27. The lowest BCUT2D eigenvalue weighted by Gasteiger charge is -2.13. The van der Waals surface area contributed by atoms with E-state index in [1.54, 1.807) is 6.07 Å². The first-order valence-corrected chi connectivity index (χ1v) is 11.2. The Hall–Kier alpha value is -4.34. The molecule has 35 heavy (non-hydrogen) atoms. The molecule has 10 nitrogen and oxygen atoms in total. The van der Waals surface area contributed by atoms with Crippen LogP contribution in [0.4, 0.5) is 0 Å². The number of benzene rings is 2. The van der Waals surface area contributed by atoms with Gasteiger partial charge in [0.25, 0.3) is 17.4 Å². The number of aromatic nitrogens is 2. The Kier molecular flexibility index (Phi) is 8.82. The van der Waals surface area contributed by atoms with Gasteiger partial charge in [0.1, 0.15) is 6.54 Å². The van der Waals surface area contributed by atoms with Crippen LogP contribution >= 0.6 is 0 Å². The molecule has 0 radical (unpaired) electrons. The molecule has 0 atom stereocenters. The maximum Gasteiger partial charge on any atom is 0.331 e. The monoisotopic (exact) mass is 480 g/mol. The van der Waals surface area contributed by atoms with Crippen molar-refractivity contribution < 1.29 is 19.1 Å². The van der Waals surface area contributed by atoms with E-state index in [0.29, 0.717) is 18.1 Å². The van der Waals surface area contributed by atoms with E-state index in [1.165, 1.54) is 36.1 Å². The molecular weight excluding hydrogens is 452 g/mol. The molecule has 2 amide bonds. The molecule has 0 saturated carbocycles. The van der Waals surface area contributed by atoms with E-state index in [4.69, 9.17) is 9.47 Å². The highest BCUT2D eigenvalue weighted by atomic mass is 16.5. The van der Waals surface area contributed by atoms with Gasteiger partial charge in [0.05, 0.1) is 20.3 Å². The van der Waals surface area contributed by atoms with Crippen LogP contribution in [0.2, 0.25) is 0 Å². The first-order chi connectivity index (χ1) is 16.9. The number of methoxy groups -OCH3 is 1. The van der Waals surface area contributed by atoms with Crippen molar-refractivity contribution in [2.45, 2.75) is 32.9 Å². The number of hydrazine groups is 1. The third-order valence-electron chi connectivity index (χ3n) is 5.13. The average Bonchev–Trinajstić information content (AvgIpc) is 2.87. The summed E-state index contributed by atoms with van der Waals surface area (Å²) in [6, 6.07) is 15.1. The van der Waals surface area contributed by atoms with Crippen molar-refractivity contribution in [3.05, 3.63) is 92.8 Å². The molecule has 2 aromatic carbocycles. The minimum absolute atomic E-state index is 0.229. The van der Waals surface area contributed by atoms with Crippen LogP contribution in [0.1, 0.15) is 35.7 Å². The highest BCUT2D eigenvalue weighted by molar-refractivity contribution is 5.96. The van der Waals surface area contributed by atoms with Gasteiger partial charge in [-0.3, -0.25) is 34.4 Å². The molecule has 0 unspecified atom stereocenters. The second-order valence-electron chi connectivity index (χ2n) is 7.71. The summed E-state index contributed by atoms with van der Waals surface area (Å²) < 4.78 is 13.1. The van der Waals surface area contributed by atoms with E-state index < -0.39 is 29.6 Å². The zero-order valence-corrected chi connectivity index (χ0v) is 19.7. The number of hydrogen-bond acceptors (Lipinski definition) is 6. The Bertz CT molecular complexity index is 1280. The molecule has 0 bridgehead atoms. The highest BCUT2D eigenvalue weighted by Gasteiger charge is 2.14. The summed E-state index contributed by atoms with van der Waals surface area (Å²) in [5.41, 5.74) is 4.35. The highest BCUT2D eigenvalue weighted by Crippen LogP contribution is 2.28. The van der Waals surface area contributed by atoms with Crippen molar-refractivity contribution in [3.63, 3.8) is 0 Å². The van der Waals surface area contributed by atoms with Gasteiger partial charge in [0, 0.05) is 17.8 Å². The van der Waals surface area contributed by atoms with Gasteiger partial charge in [-0.05, 0) is 30.2 Å². The Morgan fingerprint density at radius 3 is 2.46 bits per heavy atom. The fraction of sp³-hybridized carbons (Fsp3) is 0.280. The van der Waals surface area contributed by atoms with Crippen molar-refractivity contribution in [3.8, 4) is 11.5 Å². The lowest BCUT2D eigenvalue weighted by atomic mass is 10.2. The molecule has 1 heterocycles. The smallest absolute Gasteiger partial charge is 0.331 e.